The fraction of sp³-hybridized carbons (Fsp3) is 0.333. The Hall–Kier alpha value is -1.80. The zero-order valence-corrected chi connectivity index (χ0v) is 12.1. The number of benzene rings is 2. The van der Waals surface area contributed by atoms with Gasteiger partial charge in [0, 0.05) is 6.54 Å². The van der Waals surface area contributed by atoms with Crippen molar-refractivity contribution in [2.75, 3.05) is 13.7 Å². The van der Waals surface area contributed by atoms with Crippen LogP contribution in [0.1, 0.15) is 24.0 Å². The smallest absolute Gasteiger partial charge is 0.119 e. The zero-order valence-electron chi connectivity index (χ0n) is 12.1. The molecule has 0 aliphatic rings. The molecule has 0 aromatic heterocycles. The van der Waals surface area contributed by atoms with Gasteiger partial charge >= 0.3 is 0 Å². The van der Waals surface area contributed by atoms with Crippen LogP contribution in [0.2, 0.25) is 0 Å². The minimum absolute atomic E-state index is 0.790. The summed E-state index contributed by atoms with van der Waals surface area (Å²) in [6, 6.07) is 18.9. The van der Waals surface area contributed by atoms with E-state index in [9.17, 15) is 0 Å². The highest BCUT2D eigenvalue weighted by molar-refractivity contribution is 5.27. The molecule has 0 fully saturated rings. The Labute approximate surface area is 121 Å². The first-order valence-corrected chi connectivity index (χ1v) is 7.29. The normalized spacial score (nSPS) is 10.4. The van der Waals surface area contributed by atoms with Crippen LogP contribution in [-0.2, 0) is 13.0 Å². The van der Waals surface area contributed by atoms with Gasteiger partial charge in [-0.05, 0) is 49.6 Å². The Morgan fingerprint density at radius 3 is 2.30 bits per heavy atom. The molecule has 20 heavy (non-hydrogen) atoms. The van der Waals surface area contributed by atoms with Crippen LogP contribution >= 0.6 is 0 Å². The fourth-order valence-electron chi connectivity index (χ4n) is 2.17. The van der Waals surface area contributed by atoms with E-state index in [0.717, 1.165) is 31.7 Å². The van der Waals surface area contributed by atoms with Crippen molar-refractivity contribution in [2.45, 2.75) is 25.8 Å². The molecule has 0 spiro atoms. The number of unbranched alkanes of at least 4 members (excludes halogenated alkanes) is 1. The van der Waals surface area contributed by atoms with Crippen molar-refractivity contribution in [3.8, 4) is 5.75 Å². The third kappa shape index (κ3) is 5.06. The van der Waals surface area contributed by atoms with Crippen LogP contribution in [0.5, 0.6) is 5.75 Å². The van der Waals surface area contributed by atoms with E-state index in [0.29, 0.717) is 0 Å². The first kappa shape index (κ1) is 14.6. The SMILES string of the molecule is CNCc1ccc(OCCCCc2ccccc2)cc1. The average molecular weight is 269 g/mol. The molecule has 2 aromatic carbocycles. The lowest BCUT2D eigenvalue weighted by Crippen LogP contribution is -2.04. The van der Waals surface area contributed by atoms with E-state index in [2.05, 4.69) is 47.8 Å². The summed E-state index contributed by atoms with van der Waals surface area (Å²) in [5, 5.41) is 3.14. The predicted molar refractivity (Wildman–Crippen MR) is 84.1 cm³/mol. The first-order valence-electron chi connectivity index (χ1n) is 7.29. The van der Waals surface area contributed by atoms with Crippen LogP contribution in [0.4, 0.5) is 0 Å². The van der Waals surface area contributed by atoms with Crippen molar-refractivity contribution in [1.82, 2.24) is 5.32 Å². The second-order valence-corrected chi connectivity index (χ2v) is 4.97. The van der Waals surface area contributed by atoms with Crippen LogP contribution < -0.4 is 10.1 Å². The van der Waals surface area contributed by atoms with E-state index < -0.39 is 0 Å². The van der Waals surface area contributed by atoms with Crippen LogP contribution in [0.25, 0.3) is 0 Å². The molecular formula is C18H23NO. The third-order valence-electron chi connectivity index (χ3n) is 3.28. The van der Waals surface area contributed by atoms with E-state index in [1.807, 2.05) is 19.2 Å². The number of rotatable bonds is 8. The molecule has 0 aliphatic carbocycles. The molecule has 2 heteroatoms. The van der Waals surface area contributed by atoms with Crippen molar-refractivity contribution < 1.29 is 4.74 Å². The maximum atomic E-state index is 5.76. The quantitative estimate of drug-likeness (QED) is 0.736. The molecule has 2 aromatic rings. The number of nitrogens with one attached hydrogen (secondary N) is 1. The van der Waals surface area contributed by atoms with Crippen LogP contribution in [0.15, 0.2) is 54.6 Å². The Kier molecular flexibility index (Phi) is 6.12. The van der Waals surface area contributed by atoms with Gasteiger partial charge in [0.25, 0.3) is 0 Å². The largest absolute Gasteiger partial charge is 0.494 e. The van der Waals surface area contributed by atoms with Crippen LogP contribution in [-0.4, -0.2) is 13.7 Å². The van der Waals surface area contributed by atoms with Gasteiger partial charge in [-0.25, -0.2) is 0 Å². The first-order chi connectivity index (χ1) is 9.88. The highest BCUT2D eigenvalue weighted by Gasteiger charge is 1.96. The van der Waals surface area contributed by atoms with Gasteiger partial charge in [-0.1, -0.05) is 42.5 Å². The van der Waals surface area contributed by atoms with Gasteiger partial charge in [0.15, 0.2) is 0 Å². The summed E-state index contributed by atoms with van der Waals surface area (Å²) < 4.78 is 5.76. The Morgan fingerprint density at radius 2 is 1.60 bits per heavy atom. The molecule has 0 saturated heterocycles. The second-order valence-electron chi connectivity index (χ2n) is 4.97. The lowest BCUT2D eigenvalue weighted by molar-refractivity contribution is 0.307. The summed E-state index contributed by atoms with van der Waals surface area (Å²) in [5.41, 5.74) is 2.69. The minimum atomic E-state index is 0.790. The number of hydrogen-bond donors (Lipinski definition) is 1. The van der Waals surface area contributed by atoms with Gasteiger partial charge in [0.1, 0.15) is 5.75 Å². The van der Waals surface area contributed by atoms with Gasteiger partial charge in [0.05, 0.1) is 6.61 Å². The van der Waals surface area contributed by atoms with Gasteiger partial charge in [-0.3, -0.25) is 0 Å². The summed E-state index contributed by atoms with van der Waals surface area (Å²) in [6.45, 7) is 1.69. The van der Waals surface area contributed by atoms with Gasteiger partial charge in [-0.15, -0.1) is 0 Å². The van der Waals surface area contributed by atoms with E-state index in [1.165, 1.54) is 17.5 Å². The highest BCUT2D eigenvalue weighted by atomic mass is 16.5. The van der Waals surface area contributed by atoms with Crippen LogP contribution in [0, 0.1) is 0 Å². The molecule has 0 unspecified atom stereocenters. The second kappa shape index (κ2) is 8.39. The lowest BCUT2D eigenvalue weighted by atomic mass is 10.1. The number of hydrogen-bond acceptors (Lipinski definition) is 2. The fourth-order valence-corrected chi connectivity index (χ4v) is 2.17. The molecule has 0 heterocycles. The summed E-state index contributed by atoms with van der Waals surface area (Å²) in [4.78, 5) is 0. The van der Waals surface area contributed by atoms with Crippen molar-refractivity contribution in [2.24, 2.45) is 0 Å². The van der Waals surface area contributed by atoms with Crippen molar-refractivity contribution in [3.05, 3.63) is 65.7 Å². The maximum Gasteiger partial charge on any atom is 0.119 e. The Morgan fingerprint density at radius 1 is 0.850 bits per heavy atom. The molecule has 0 amide bonds. The van der Waals surface area contributed by atoms with Crippen molar-refractivity contribution in [1.29, 1.82) is 0 Å². The molecule has 0 atom stereocenters. The van der Waals surface area contributed by atoms with Gasteiger partial charge in [-0.2, -0.15) is 0 Å². The van der Waals surface area contributed by atoms with E-state index in [-0.39, 0.29) is 0 Å². The molecule has 0 saturated carbocycles. The number of ether oxygens (including phenoxy) is 1. The average Bonchev–Trinajstić information content (AvgIpc) is 2.50. The number of aryl methyl sites for hydroxylation is 1. The van der Waals surface area contributed by atoms with Crippen molar-refractivity contribution in [3.63, 3.8) is 0 Å². The summed E-state index contributed by atoms with van der Waals surface area (Å²) >= 11 is 0. The van der Waals surface area contributed by atoms with Gasteiger partial charge < -0.3 is 10.1 Å². The summed E-state index contributed by atoms with van der Waals surface area (Å²) in [6.07, 6.45) is 3.39. The van der Waals surface area contributed by atoms with E-state index in [1.54, 1.807) is 0 Å². The Balaban J connectivity index is 1.63. The molecule has 0 radical (unpaired) electrons. The summed E-state index contributed by atoms with van der Waals surface area (Å²) in [5.74, 6) is 0.963. The maximum absolute atomic E-state index is 5.76. The van der Waals surface area contributed by atoms with E-state index >= 15 is 0 Å². The van der Waals surface area contributed by atoms with Crippen LogP contribution in [0.3, 0.4) is 0 Å². The molecule has 1 N–H and O–H groups in total. The Bertz CT molecular complexity index is 479. The van der Waals surface area contributed by atoms with E-state index in [4.69, 9.17) is 4.74 Å². The summed E-state index contributed by atoms with van der Waals surface area (Å²) in [7, 11) is 1.96. The predicted octanol–water partition coefficient (Wildman–Crippen LogP) is 3.81. The monoisotopic (exact) mass is 269 g/mol. The lowest BCUT2D eigenvalue weighted by Gasteiger charge is -2.07. The standard InChI is InChI=1S/C18H23NO/c1-19-15-17-10-12-18(13-11-17)20-14-6-5-9-16-7-3-2-4-8-16/h2-4,7-8,10-13,19H,5-6,9,14-15H2,1H3. The zero-order chi connectivity index (χ0) is 14.0. The molecule has 106 valence electrons. The van der Waals surface area contributed by atoms with Crippen molar-refractivity contribution >= 4 is 0 Å². The highest BCUT2D eigenvalue weighted by Crippen LogP contribution is 2.13. The van der Waals surface area contributed by atoms with Gasteiger partial charge in [0.2, 0.25) is 0 Å². The molecule has 2 nitrogen and oxygen atoms in total. The topological polar surface area (TPSA) is 21.3 Å². The molecule has 0 bridgehead atoms. The molecule has 2 rings (SSSR count). The third-order valence-corrected chi connectivity index (χ3v) is 3.28. The minimum Gasteiger partial charge on any atom is -0.494 e. The molecular weight excluding hydrogens is 246 g/mol. The molecule has 0 aliphatic heterocycles.